The molecule has 0 atom stereocenters. The topological polar surface area (TPSA) is 92.2 Å². The molecule has 0 fully saturated rings. The molecule has 6 nitrogen and oxygen atoms in total. The fraction of sp³-hybridized carbons (Fsp3) is 0.176. The van der Waals surface area contributed by atoms with E-state index >= 15 is 0 Å². The Morgan fingerprint density at radius 3 is 2.43 bits per heavy atom. The van der Waals surface area contributed by atoms with Gasteiger partial charge in [0.25, 0.3) is 0 Å². The Morgan fingerprint density at radius 2 is 1.86 bits per heavy atom. The van der Waals surface area contributed by atoms with Crippen molar-refractivity contribution in [2.75, 3.05) is 11.6 Å². The quantitative estimate of drug-likeness (QED) is 0.640. The lowest BCUT2D eigenvalue weighted by molar-refractivity contribution is -0.139. The third-order valence-electron chi connectivity index (χ3n) is 3.73. The zero-order valence-electron chi connectivity index (χ0n) is 14.4. The van der Waals surface area contributed by atoms with Gasteiger partial charge in [0.15, 0.2) is 15.0 Å². The standard InChI is InChI=1S/C17H14F3N3O3S2/c1-28(25,26)14-3-2-11(8-12(14)17(18,19)20)22-16-23-15(13(9-24)27-16)10-4-6-21-7-5-10/h2-8,24H,9H2,1H3,(H,22,23). The maximum absolute atomic E-state index is 13.3. The Kier molecular flexibility index (Phi) is 5.41. The van der Waals surface area contributed by atoms with Gasteiger partial charge in [0, 0.05) is 29.9 Å². The van der Waals surface area contributed by atoms with E-state index in [2.05, 4.69) is 15.3 Å². The van der Waals surface area contributed by atoms with Crippen LogP contribution in [0.5, 0.6) is 0 Å². The van der Waals surface area contributed by atoms with Gasteiger partial charge in [0.1, 0.15) is 0 Å². The molecular weight excluding hydrogens is 415 g/mol. The van der Waals surface area contributed by atoms with Crippen LogP contribution in [0.1, 0.15) is 10.4 Å². The summed E-state index contributed by atoms with van der Waals surface area (Å²) < 4.78 is 63.2. The van der Waals surface area contributed by atoms with Gasteiger partial charge >= 0.3 is 6.18 Å². The number of benzene rings is 1. The predicted octanol–water partition coefficient (Wildman–Crippen LogP) is 3.86. The van der Waals surface area contributed by atoms with E-state index in [1.807, 2.05) is 0 Å². The van der Waals surface area contributed by atoms with Crippen molar-refractivity contribution in [3.8, 4) is 11.3 Å². The highest BCUT2D eigenvalue weighted by Gasteiger charge is 2.36. The smallest absolute Gasteiger partial charge is 0.391 e. The van der Waals surface area contributed by atoms with E-state index in [0.717, 1.165) is 29.7 Å². The second-order valence-electron chi connectivity index (χ2n) is 5.79. The molecule has 11 heteroatoms. The Hall–Kier alpha value is -2.50. The highest BCUT2D eigenvalue weighted by molar-refractivity contribution is 7.90. The highest BCUT2D eigenvalue weighted by atomic mass is 32.2. The van der Waals surface area contributed by atoms with Crippen LogP contribution in [0.3, 0.4) is 0 Å². The lowest BCUT2D eigenvalue weighted by Gasteiger charge is -2.13. The molecule has 2 heterocycles. The molecule has 3 rings (SSSR count). The van der Waals surface area contributed by atoms with Gasteiger partial charge in [-0.3, -0.25) is 4.98 Å². The molecule has 1 aromatic carbocycles. The summed E-state index contributed by atoms with van der Waals surface area (Å²) in [5, 5.41) is 12.6. The fourth-order valence-electron chi connectivity index (χ4n) is 2.52. The van der Waals surface area contributed by atoms with Gasteiger partial charge < -0.3 is 10.4 Å². The van der Waals surface area contributed by atoms with Crippen molar-refractivity contribution in [3.63, 3.8) is 0 Å². The van der Waals surface area contributed by atoms with E-state index in [1.54, 1.807) is 24.5 Å². The van der Waals surface area contributed by atoms with Gasteiger partial charge in [-0.15, -0.1) is 0 Å². The number of halogens is 3. The summed E-state index contributed by atoms with van der Waals surface area (Å²) in [6.07, 6.45) is -0.998. The summed E-state index contributed by atoms with van der Waals surface area (Å²) in [4.78, 5) is 7.97. The molecular formula is C17H14F3N3O3S2. The van der Waals surface area contributed by atoms with Crippen LogP contribution in [-0.4, -0.2) is 29.7 Å². The van der Waals surface area contributed by atoms with Crippen LogP contribution in [0.4, 0.5) is 24.0 Å². The summed E-state index contributed by atoms with van der Waals surface area (Å²) >= 11 is 1.08. The number of hydrogen-bond acceptors (Lipinski definition) is 7. The number of aromatic nitrogens is 2. The second kappa shape index (κ2) is 7.49. The number of hydrogen-bond donors (Lipinski definition) is 2. The van der Waals surface area contributed by atoms with E-state index in [-0.39, 0.29) is 17.4 Å². The summed E-state index contributed by atoms with van der Waals surface area (Å²) in [7, 11) is -4.05. The van der Waals surface area contributed by atoms with E-state index in [9.17, 15) is 26.7 Å². The van der Waals surface area contributed by atoms with E-state index in [1.165, 1.54) is 6.07 Å². The third kappa shape index (κ3) is 4.32. The molecule has 0 saturated heterocycles. The van der Waals surface area contributed by atoms with Crippen LogP contribution < -0.4 is 5.32 Å². The van der Waals surface area contributed by atoms with Crippen molar-refractivity contribution in [1.29, 1.82) is 0 Å². The Morgan fingerprint density at radius 1 is 1.18 bits per heavy atom. The van der Waals surface area contributed by atoms with Gasteiger partial charge in [0.05, 0.1) is 27.6 Å². The number of aliphatic hydroxyl groups is 1. The second-order valence-corrected chi connectivity index (χ2v) is 8.86. The monoisotopic (exact) mass is 429 g/mol. The number of pyridine rings is 1. The van der Waals surface area contributed by atoms with Gasteiger partial charge in [-0.25, -0.2) is 13.4 Å². The molecule has 0 bridgehead atoms. The lowest BCUT2D eigenvalue weighted by Crippen LogP contribution is -2.13. The summed E-state index contributed by atoms with van der Waals surface area (Å²) in [5.74, 6) is 0. The fourth-order valence-corrected chi connectivity index (χ4v) is 4.28. The van der Waals surface area contributed by atoms with Gasteiger partial charge in [-0.2, -0.15) is 13.2 Å². The zero-order chi connectivity index (χ0) is 20.5. The molecule has 3 aromatic rings. The highest BCUT2D eigenvalue weighted by Crippen LogP contribution is 2.38. The average molecular weight is 429 g/mol. The van der Waals surface area contributed by atoms with E-state index in [0.29, 0.717) is 16.1 Å². The number of nitrogens with one attached hydrogen (secondary N) is 1. The zero-order valence-corrected chi connectivity index (χ0v) is 16.0. The van der Waals surface area contributed by atoms with Crippen molar-refractivity contribution in [2.24, 2.45) is 0 Å². The maximum Gasteiger partial charge on any atom is 0.417 e. The first-order valence-electron chi connectivity index (χ1n) is 7.79. The Bertz CT molecular complexity index is 1100. The largest absolute Gasteiger partial charge is 0.417 e. The number of thiazole rings is 1. The first-order chi connectivity index (χ1) is 13.1. The van der Waals surface area contributed by atoms with Crippen LogP contribution in [0.15, 0.2) is 47.6 Å². The van der Waals surface area contributed by atoms with E-state index < -0.39 is 26.5 Å². The van der Waals surface area contributed by atoms with Crippen molar-refractivity contribution in [1.82, 2.24) is 9.97 Å². The molecule has 0 aliphatic carbocycles. The number of nitrogens with zero attached hydrogens (tertiary/aromatic N) is 2. The summed E-state index contributed by atoms with van der Waals surface area (Å²) in [6, 6.07) is 6.26. The summed E-state index contributed by atoms with van der Waals surface area (Å²) in [5.41, 5.74) is -0.0412. The number of rotatable bonds is 5. The molecule has 0 radical (unpaired) electrons. The molecule has 0 unspecified atom stereocenters. The SMILES string of the molecule is CS(=O)(=O)c1ccc(Nc2nc(-c3ccncc3)c(CO)s2)cc1C(F)(F)F. The van der Waals surface area contributed by atoms with Crippen molar-refractivity contribution < 1.29 is 26.7 Å². The molecule has 28 heavy (non-hydrogen) atoms. The first kappa shape index (κ1) is 20.2. The van der Waals surface area contributed by atoms with Crippen molar-refractivity contribution in [2.45, 2.75) is 17.7 Å². The maximum atomic E-state index is 13.3. The van der Waals surface area contributed by atoms with Gasteiger partial charge in [-0.05, 0) is 30.3 Å². The number of anilines is 2. The van der Waals surface area contributed by atoms with Crippen molar-refractivity contribution in [3.05, 3.63) is 53.2 Å². The molecule has 0 aliphatic heterocycles. The van der Waals surface area contributed by atoms with Crippen molar-refractivity contribution >= 4 is 32.0 Å². The summed E-state index contributed by atoms with van der Waals surface area (Å²) in [6.45, 7) is -0.294. The molecule has 2 N–H and O–H groups in total. The minimum absolute atomic E-state index is 0.0271. The normalized spacial score (nSPS) is 12.2. The van der Waals surface area contributed by atoms with Crippen LogP contribution in [0.25, 0.3) is 11.3 Å². The van der Waals surface area contributed by atoms with Crippen LogP contribution >= 0.6 is 11.3 Å². The Balaban J connectivity index is 2.00. The third-order valence-corrected chi connectivity index (χ3v) is 5.84. The van der Waals surface area contributed by atoms with E-state index in [4.69, 9.17) is 0 Å². The van der Waals surface area contributed by atoms with Gasteiger partial charge in [0.2, 0.25) is 0 Å². The number of alkyl halides is 3. The minimum Gasteiger partial charge on any atom is -0.391 e. The average Bonchev–Trinajstić information content (AvgIpc) is 3.03. The molecule has 0 amide bonds. The van der Waals surface area contributed by atoms with Crippen LogP contribution in [0.2, 0.25) is 0 Å². The molecule has 2 aromatic heterocycles. The first-order valence-corrected chi connectivity index (χ1v) is 10.5. The molecule has 148 valence electrons. The lowest BCUT2D eigenvalue weighted by atomic mass is 10.2. The number of sulfone groups is 1. The number of aliphatic hydroxyl groups excluding tert-OH is 1. The van der Waals surface area contributed by atoms with Gasteiger partial charge in [-0.1, -0.05) is 11.3 Å². The predicted molar refractivity (Wildman–Crippen MR) is 99.1 cm³/mol. The molecule has 0 spiro atoms. The molecule has 0 aliphatic rings. The Labute approximate surface area is 162 Å². The van der Waals surface area contributed by atoms with Crippen LogP contribution in [0, 0.1) is 0 Å². The minimum atomic E-state index is -4.84. The molecule has 0 saturated carbocycles. The van der Waals surface area contributed by atoms with Crippen LogP contribution in [-0.2, 0) is 22.6 Å².